The van der Waals surface area contributed by atoms with Crippen LogP contribution < -0.4 is 22.1 Å². The molecule has 0 unspecified atom stereocenters. The number of hydrogen-bond acceptors (Lipinski definition) is 8. The van der Waals surface area contributed by atoms with E-state index in [2.05, 4.69) is 36.0 Å². The average molecular weight is 434 g/mol. The molecule has 0 saturated carbocycles. The van der Waals surface area contributed by atoms with Gasteiger partial charge in [0.25, 0.3) is 0 Å². The molecule has 0 aromatic carbocycles. The van der Waals surface area contributed by atoms with E-state index in [-0.39, 0.29) is 25.8 Å². The molecule has 1 rings (SSSR count). The highest BCUT2D eigenvalue weighted by atomic mass is 16.4. The minimum Gasteiger partial charge on any atom is -0.411 e. The van der Waals surface area contributed by atoms with Crippen LogP contribution >= 0.6 is 0 Å². The first-order valence-corrected chi connectivity index (χ1v) is 8.89. The maximum Gasteiger partial charge on any atom is 0.233 e. The fourth-order valence-corrected chi connectivity index (χ4v) is 0.574. The molecule has 0 saturated heterocycles. The van der Waals surface area contributed by atoms with Gasteiger partial charge in [-0.05, 0) is 20.3 Å². The number of nitrogens with zero attached hydrogens (tertiary/aromatic N) is 4. The van der Waals surface area contributed by atoms with E-state index >= 15 is 0 Å². The van der Waals surface area contributed by atoms with Gasteiger partial charge in [0.15, 0.2) is 0 Å². The number of aromatic nitrogens is 3. The number of hydrogen-bond donors (Lipinski definition) is 6. The smallest absolute Gasteiger partial charge is 0.233 e. The number of likely N-dealkylation sites (N-methyl/N-ethyl adjacent to an activating group) is 1. The summed E-state index contributed by atoms with van der Waals surface area (Å²) in [6.45, 7) is 9.05. The first-order chi connectivity index (χ1) is 13.6. The van der Waals surface area contributed by atoms with Gasteiger partial charge in [0, 0.05) is 34.5 Å². The summed E-state index contributed by atoms with van der Waals surface area (Å²) < 4.78 is 0. The van der Waals surface area contributed by atoms with E-state index in [1.165, 1.54) is 13.3 Å². The number of amidine groups is 1. The van der Waals surface area contributed by atoms with Crippen molar-refractivity contribution in [2.45, 2.75) is 54.9 Å². The summed E-state index contributed by atoms with van der Waals surface area (Å²) in [7, 11) is 4.81. The first-order valence-electron chi connectivity index (χ1n) is 8.89. The molecule has 1 heterocycles. The number of oxime groups is 1. The topological polar surface area (TPSA) is 197 Å². The Kier molecular flexibility index (Phi) is 38.6. The molecule has 8 N–H and O–H groups in total. The molecule has 0 spiro atoms. The van der Waals surface area contributed by atoms with Gasteiger partial charge in [0.1, 0.15) is 12.2 Å². The molecule has 0 atom stereocenters. The summed E-state index contributed by atoms with van der Waals surface area (Å²) in [5, 5.41) is 22.0. The fraction of sp³-hybridized carbons (Fsp3) is 0.667. The standard InChI is InChI=1S/C4H7N3.C4H9NO.C3H8N2O.C3H8N2.C3H7NO.CH4/c1-2-4-5-3-6-7-4;1-3-4(2)5-6;1-5-3(6)2-4;1-3(4)5-2;1-3(5)4-2;/h3H,2H2,1H3,(H,5,6,7);6H,3H2,1-2H3;2,4H2,1H3,(H,5,6);1-2H3,(H2,4,5);1-2H3,(H,4,5);1H4/b;5-4+;;;;. The van der Waals surface area contributed by atoms with Crippen LogP contribution in [-0.2, 0) is 16.0 Å². The van der Waals surface area contributed by atoms with Gasteiger partial charge in [0.2, 0.25) is 11.8 Å². The number of H-pyrrole nitrogens is 1. The minimum absolute atomic E-state index is 0. The van der Waals surface area contributed by atoms with Gasteiger partial charge in [-0.1, -0.05) is 26.4 Å². The number of nitrogens with two attached hydrogens (primary N) is 2. The van der Waals surface area contributed by atoms with Crippen LogP contribution in [0.15, 0.2) is 16.5 Å². The maximum absolute atomic E-state index is 9.94. The number of carbonyl (C=O) groups excluding carboxylic acids is 2. The SMILES string of the molecule is C.CC/C(C)=N/O.CCc1ncn[nH]1.CN=C(C)N.CNC(=O)CN.CNC(C)=O. The molecule has 0 aliphatic carbocycles. The van der Waals surface area contributed by atoms with Gasteiger partial charge in [0.05, 0.1) is 18.1 Å². The van der Waals surface area contributed by atoms with Crippen molar-refractivity contribution in [3.05, 3.63) is 12.2 Å². The molecule has 0 aliphatic rings. The quantitative estimate of drug-likeness (QED) is 0.174. The van der Waals surface area contributed by atoms with Crippen LogP contribution in [0.25, 0.3) is 0 Å². The van der Waals surface area contributed by atoms with Crippen molar-refractivity contribution in [2.24, 2.45) is 21.6 Å². The largest absolute Gasteiger partial charge is 0.411 e. The molecule has 178 valence electrons. The van der Waals surface area contributed by atoms with Crippen molar-refractivity contribution < 1.29 is 14.8 Å². The minimum atomic E-state index is -0.130. The van der Waals surface area contributed by atoms with E-state index < -0.39 is 0 Å². The zero-order valence-corrected chi connectivity index (χ0v) is 18.9. The lowest BCUT2D eigenvalue weighted by Gasteiger charge is -1.87. The zero-order chi connectivity index (χ0) is 23.7. The predicted octanol–water partition coefficient (Wildman–Crippen LogP) is 0.686. The monoisotopic (exact) mass is 433 g/mol. The summed E-state index contributed by atoms with van der Waals surface area (Å²) >= 11 is 0. The average Bonchev–Trinajstić information content (AvgIpc) is 3.28. The Morgan fingerprint density at radius 3 is 1.73 bits per heavy atom. The number of rotatable bonds is 3. The fourth-order valence-electron chi connectivity index (χ4n) is 0.574. The lowest BCUT2D eigenvalue weighted by molar-refractivity contribution is -0.119. The van der Waals surface area contributed by atoms with Crippen molar-refractivity contribution in [3.8, 4) is 0 Å². The van der Waals surface area contributed by atoms with Crippen molar-refractivity contribution in [3.63, 3.8) is 0 Å². The van der Waals surface area contributed by atoms with Crippen molar-refractivity contribution in [1.29, 1.82) is 0 Å². The summed E-state index contributed by atoms with van der Waals surface area (Å²) in [5.74, 6) is 1.45. The molecule has 12 nitrogen and oxygen atoms in total. The molecular weight excluding hydrogens is 390 g/mol. The number of aliphatic imine (C=N–C) groups is 1. The molecule has 2 amide bonds. The molecule has 30 heavy (non-hydrogen) atoms. The van der Waals surface area contributed by atoms with Crippen LogP contribution in [-0.4, -0.2) is 71.4 Å². The van der Waals surface area contributed by atoms with E-state index in [0.717, 1.165) is 24.4 Å². The third kappa shape index (κ3) is 44.4. The molecule has 1 aromatic heterocycles. The Bertz CT molecular complexity index is 535. The number of aryl methyl sites for hydroxylation is 1. The van der Waals surface area contributed by atoms with Crippen molar-refractivity contribution in [1.82, 2.24) is 25.8 Å². The first kappa shape index (κ1) is 37.7. The summed E-state index contributed by atoms with van der Waals surface area (Å²) in [5.41, 5.74) is 10.7. The lowest BCUT2D eigenvalue weighted by Crippen LogP contribution is -2.26. The third-order valence-corrected chi connectivity index (χ3v) is 2.65. The highest BCUT2D eigenvalue weighted by Gasteiger charge is 1.85. The lowest BCUT2D eigenvalue weighted by atomic mass is 10.3. The Hall–Kier alpha value is -3.02. The molecule has 0 radical (unpaired) electrons. The van der Waals surface area contributed by atoms with Crippen LogP contribution in [0.4, 0.5) is 0 Å². The molecule has 0 bridgehead atoms. The summed E-state index contributed by atoms with van der Waals surface area (Å²) in [6.07, 6.45) is 3.27. The Labute approximate surface area is 181 Å². The number of aromatic amines is 1. The Balaban J connectivity index is -0.0000000868. The van der Waals surface area contributed by atoms with Gasteiger partial charge in [-0.15, -0.1) is 0 Å². The highest BCUT2D eigenvalue weighted by molar-refractivity contribution is 5.80. The summed E-state index contributed by atoms with van der Waals surface area (Å²) in [4.78, 5) is 27.1. The third-order valence-electron chi connectivity index (χ3n) is 2.65. The van der Waals surface area contributed by atoms with Crippen LogP contribution in [0.3, 0.4) is 0 Å². The normalized spacial score (nSPS) is 9.23. The van der Waals surface area contributed by atoms with Gasteiger partial charge < -0.3 is 27.3 Å². The van der Waals surface area contributed by atoms with E-state index in [1.807, 2.05) is 13.8 Å². The van der Waals surface area contributed by atoms with E-state index in [0.29, 0.717) is 5.84 Å². The molecule has 12 heteroatoms. The van der Waals surface area contributed by atoms with Crippen LogP contribution in [0.1, 0.15) is 54.3 Å². The van der Waals surface area contributed by atoms with Crippen LogP contribution in [0, 0.1) is 0 Å². The van der Waals surface area contributed by atoms with Crippen molar-refractivity contribution in [2.75, 3.05) is 27.7 Å². The number of nitrogens with one attached hydrogen (secondary N) is 3. The van der Waals surface area contributed by atoms with Crippen molar-refractivity contribution >= 4 is 23.4 Å². The maximum atomic E-state index is 9.94. The zero-order valence-electron chi connectivity index (χ0n) is 18.9. The molecular formula is C18H43N9O3. The second-order valence-electron chi connectivity index (χ2n) is 5.02. The van der Waals surface area contributed by atoms with Crippen LogP contribution in [0.5, 0.6) is 0 Å². The Morgan fingerprint density at radius 1 is 1.20 bits per heavy atom. The van der Waals surface area contributed by atoms with Gasteiger partial charge in [-0.2, -0.15) is 5.10 Å². The molecule has 1 aromatic rings. The second kappa shape index (κ2) is 30.7. The van der Waals surface area contributed by atoms with Crippen LogP contribution in [0.2, 0.25) is 0 Å². The van der Waals surface area contributed by atoms with E-state index in [4.69, 9.17) is 16.7 Å². The van der Waals surface area contributed by atoms with E-state index in [1.54, 1.807) is 35.0 Å². The van der Waals surface area contributed by atoms with Gasteiger partial charge >= 0.3 is 0 Å². The van der Waals surface area contributed by atoms with Gasteiger partial charge in [-0.3, -0.25) is 19.7 Å². The number of amides is 2. The second-order valence-corrected chi connectivity index (χ2v) is 5.02. The molecule has 0 fully saturated rings. The van der Waals surface area contributed by atoms with Gasteiger partial charge in [-0.25, -0.2) is 4.98 Å². The Morgan fingerprint density at radius 2 is 1.67 bits per heavy atom. The highest BCUT2D eigenvalue weighted by Crippen LogP contribution is 1.82. The number of carbonyl (C=O) groups is 2. The molecule has 0 aliphatic heterocycles. The summed E-state index contributed by atoms with van der Waals surface area (Å²) in [6, 6.07) is 0. The predicted molar refractivity (Wildman–Crippen MR) is 124 cm³/mol. The van der Waals surface area contributed by atoms with E-state index in [9.17, 15) is 9.59 Å².